The number of nitrogens with one attached hydrogen (secondary N) is 3. The molecule has 1 aliphatic rings. The molecule has 12 heteroatoms. The van der Waals surface area contributed by atoms with Crippen molar-refractivity contribution in [1.29, 1.82) is 0 Å². The molecule has 1 unspecified atom stereocenters. The van der Waals surface area contributed by atoms with Gasteiger partial charge in [0.25, 0.3) is 0 Å². The normalized spacial score (nSPS) is 16.4. The number of anilines is 1. The number of alkyl halides is 3. The van der Waals surface area contributed by atoms with E-state index >= 15 is 0 Å². The molecule has 8 nitrogen and oxygen atoms in total. The number of aliphatic imine (C=N–C) groups is 1. The second kappa shape index (κ2) is 14.7. The van der Waals surface area contributed by atoms with E-state index < -0.39 is 11.9 Å². The van der Waals surface area contributed by atoms with Crippen molar-refractivity contribution in [2.45, 2.75) is 38.9 Å². The van der Waals surface area contributed by atoms with Gasteiger partial charge in [-0.05, 0) is 12.0 Å². The largest absolute Gasteiger partial charge is 0.433 e. The summed E-state index contributed by atoms with van der Waals surface area (Å²) in [5.74, 6) is 1.17. The Labute approximate surface area is 205 Å². The number of hydrogen-bond donors (Lipinski definition) is 3. The molecule has 2 rings (SSSR count). The Morgan fingerprint density at radius 1 is 1.19 bits per heavy atom. The fourth-order valence-corrected chi connectivity index (χ4v) is 3.71. The molecule has 184 valence electrons. The molecule has 1 aromatic rings. The Kier molecular flexibility index (Phi) is 13.1. The summed E-state index contributed by atoms with van der Waals surface area (Å²) in [5.41, 5.74) is -0.967. The standard InChI is InChI=1S/C20H34F3N7O.HI/c1-4-15(5-2)16(30-10-12-31-13-11-30)14-28-18(24-3)26-8-9-27-19-25-7-6-17(29-19)20(21,22)23;/h6-7,15-16H,4-5,8-14H2,1-3H3,(H2,24,26,28)(H,25,27,29);1H. The summed E-state index contributed by atoms with van der Waals surface area (Å²) in [4.78, 5) is 14.1. The smallest absolute Gasteiger partial charge is 0.379 e. The molecular formula is C20H35F3IN7O. The van der Waals surface area contributed by atoms with E-state index in [0.29, 0.717) is 31.0 Å². The van der Waals surface area contributed by atoms with E-state index in [1.807, 2.05) is 0 Å². The molecule has 0 saturated carbocycles. The third-order valence-corrected chi connectivity index (χ3v) is 5.46. The second-order valence-electron chi connectivity index (χ2n) is 7.36. The number of halogens is 4. The van der Waals surface area contributed by atoms with Crippen molar-refractivity contribution in [2.75, 3.05) is 58.3 Å². The lowest BCUT2D eigenvalue weighted by Crippen LogP contribution is -2.53. The van der Waals surface area contributed by atoms with Crippen molar-refractivity contribution >= 4 is 35.9 Å². The van der Waals surface area contributed by atoms with Crippen molar-refractivity contribution in [3.05, 3.63) is 18.0 Å². The van der Waals surface area contributed by atoms with Gasteiger partial charge >= 0.3 is 6.18 Å². The summed E-state index contributed by atoms with van der Waals surface area (Å²) in [5, 5.41) is 9.37. The van der Waals surface area contributed by atoms with Crippen LogP contribution in [0.1, 0.15) is 32.4 Å². The zero-order chi connectivity index (χ0) is 22.7. The monoisotopic (exact) mass is 573 g/mol. The van der Waals surface area contributed by atoms with Crippen molar-refractivity contribution in [2.24, 2.45) is 10.9 Å². The molecule has 1 aliphatic heterocycles. The molecule has 1 saturated heterocycles. The Morgan fingerprint density at radius 2 is 1.88 bits per heavy atom. The molecule has 2 heterocycles. The van der Waals surface area contributed by atoms with Gasteiger partial charge in [-0.1, -0.05) is 26.7 Å². The van der Waals surface area contributed by atoms with Gasteiger partial charge in [0.1, 0.15) is 5.69 Å². The van der Waals surface area contributed by atoms with E-state index in [2.05, 4.69) is 49.7 Å². The lowest BCUT2D eigenvalue weighted by molar-refractivity contribution is -0.141. The zero-order valence-electron chi connectivity index (χ0n) is 18.9. The number of aromatic nitrogens is 2. The average molecular weight is 573 g/mol. The van der Waals surface area contributed by atoms with Gasteiger partial charge in [0.2, 0.25) is 5.95 Å². The van der Waals surface area contributed by atoms with Crippen LogP contribution in [0.5, 0.6) is 0 Å². The molecule has 0 aliphatic carbocycles. The number of rotatable bonds is 10. The Morgan fingerprint density at radius 3 is 2.47 bits per heavy atom. The van der Waals surface area contributed by atoms with Crippen molar-refractivity contribution in [3.63, 3.8) is 0 Å². The van der Waals surface area contributed by atoms with Gasteiger partial charge in [-0.2, -0.15) is 13.2 Å². The molecule has 1 aromatic heterocycles. The molecule has 0 radical (unpaired) electrons. The number of guanidine groups is 1. The van der Waals surface area contributed by atoms with E-state index in [1.165, 1.54) is 0 Å². The van der Waals surface area contributed by atoms with Crippen molar-refractivity contribution in [1.82, 2.24) is 25.5 Å². The van der Waals surface area contributed by atoms with Crippen molar-refractivity contribution in [3.8, 4) is 0 Å². The predicted octanol–water partition coefficient (Wildman–Crippen LogP) is 2.83. The minimum atomic E-state index is -4.49. The number of ether oxygens (including phenoxy) is 1. The van der Waals surface area contributed by atoms with Gasteiger partial charge in [0, 0.05) is 52.0 Å². The molecule has 32 heavy (non-hydrogen) atoms. The first kappa shape index (κ1) is 28.6. The summed E-state index contributed by atoms with van der Waals surface area (Å²) in [6, 6.07) is 1.23. The molecule has 1 fully saturated rings. The van der Waals surface area contributed by atoms with Crippen LogP contribution in [0.25, 0.3) is 0 Å². The minimum absolute atomic E-state index is 0. The van der Waals surface area contributed by atoms with Gasteiger partial charge in [0.05, 0.1) is 13.2 Å². The van der Waals surface area contributed by atoms with Crippen LogP contribution in [-0.2, 0) is 10.9 Å². The molecule has 0 aromatic carbocycles. The van der Waals surface area contributed by atoms with Crippen LogP contribution in [0.2, 0.25) is 0 Å². The Bertz CT molecular complexity index is 683. The van der Waals surface area contributed by atoms with Crippen LogP contribution < -0.4 is 16.0 Å². The van der Waals surface area contributed by atoms with Gasteiger partial charge in [-0.3, -0.25) is 9.89 Å². The first-order valence-corrected chi connectivity index (χ1v) is 10.8. The lowest BCUT2D eigenvalue weighted by Gasteiger charge is -2.39. The summed E-state index contributed by atoms with van der Waals surface area (Å²) in [6.45, 7) is 9.36. The number of nitrogens with zero attached hydrogens (tertiary/aromatic N) is 4. The van der Waals surface area contributed by atoms with Crippen LogP contribution in [0, 0.1) is 5.92 Å². The van der Waals surface area contributed by atoms with Crippen LogP contribution in [0.3, 0.4) is 0 Å². The van der Waals surface area contributed by atoms with E-state index in [0.717, 1.165) is 58.0 Å². The molecule has 0 bridgehead atoms. The predicted molar refractivity (Wildman–Crippen MR) is 131 cm³/mol. The number of morpholine rings is 1. The maximum atomic E-state index is 12.7. The highest BCUT2D eigenvalue weighted by molar-refractivity contribution is 14.0. The van der Waals surface area contributed by atoms with E-state index in [9.17, 15) is 13.2 Å². The quantitative estimate of drug-likeness (QED) is 0.172. The van der Waals surface area contributed by atoms with Gasteiger partial charge in [-0.15, -0.1) is 24.0 Å². The molecule has 3 N–H and O–H groups in total. The lowest BCUT2D eigenvalue weighted by atomic mass is 9.92. The third kappa shape index (κ3) is 9.22. The minimum Gasteiger partial charge on any atom is -0.379 e. The summed E-state index contributed by atoms with van der Waals surface area (Å²) >= 11 is 0. The highest BCUT2D eigenvalue weighted by Crippen LogP contribution is 2.27. The van der Waals surface area contributed by atoms with Crippen LogP contribution in [0.4, 0.5) is 19.1 Å². The third-order valence-electron chi connectivity index (χ3n) is 5.46. The Balaban J connectivity index is 0.00000512. The van der Waals surface area contributed by atoms with Crippen LogP contribution in [-0.4, -0.2) is 79.9 Å². The van der Waals surface area contributed by atoms with Gasteiger partial charge < -0.3 is 20.7 Å². The van der Waals surface area contributed by atoms with Gasteiger partial charge in [0.15, 0.2) is 5.96 Å². The summed E-state index contributed by atoms with van der Waals surface area (Å²) in [6.07, 6.45) is -1.19. The van der Waals surface area contributed by atoms with E-state index in [1.54, 1.807) is 7.05 Å². The second-order valence-corrected chi connectivity index (χ2v) is 7.36. The SMILES string of the molecule is CCC(CC)C(CNC(=NC)NCCNc1nccc(C(F)(F)F)n1)N1CCOCC1.I. The molecule has 0 amide bonds. The number of hydrogen-bond acceptors (Lipinski definition) is 6. The molecular weight excluding hydrogens is 538 g/mol. The maximum Gasteiger partial charge on any atom is 0.433 e. The molecule has 0 spiro atoms. The highest BCUT2D eigenvalue weighted by atomic mass is 127. The fraction of sp³-hybridized carbons (Fsp3) is 0.750. The highest BCUT2D eigenvalue weighted by Gasteiger charge is 2.32. The van der Waals surface area contributed by atoms with E-state index in [4.69, 9.17) is 4.74 Å². The summed E-state index contributed by atoms with van der Waals surface area (Å²) < 4.78 is 43.7. The first-order valence-electron chi connectivity index (χ1n) is 10.8. The van der Waals surface area contributed by atoms with Crippen LogP contribution in [0.15, 0.2) is 17.3 Å². The Hall–Kier alpha value is -1.41. The maximum absolute atomic E-state index is 12.7. The topological polar surface area (TPSA) is 86.7 Å². The zero-order valence-corrected chi connectivity index (χ0v) is 21.2. The van der Waals surface area contributed by atoms with Crippen molar-refractivity contribution < 1.29 is 17.9 Å². The van der Waals surface area contributed by atoms with E-state index in [-0.39, 0.29) is 29.9 Å². The fourth-order valence-electron chi connectivity index (χ4n) is 3.71. The van der Waals surface area contributed by atoms with Gasteiger partial charge in [-0.25, -0.2) is 9.97 Å². The first-order chi connectivity index (χ1) is 14.9. The molecule has 1 atom stereocenters. The van der Waals surface area contributed by atoms with Crippen LogP contribution >= 0.6 is 24.0 Å². The summed E-state index contributed by atoms with van der Waals surface area (Å²) in [7, 11) is 1.69. The average Bonchev–Trinajstić information content (AvgIpc) is 2.78.